The Bertz CT molecular complexity index is 548. The van der Waals surface area contributed by atoms with Crippen LogP contribution in [0.25, 0.3) is 10.9 Å². The summed E-state index contributed by atoms with van der Waals surface area (Å²) in [6.45, 7) is 6.23. The summed E-state index contributed by atoms with van der Waals surface area (Å²) >= 11 is 0. The third-order valence-electron chi connectivity index (χ3n) is 3.71. The number of quaternary nitrogens is 1. The van der Waals surface area contributed by atoms with E-state index < -0.39 is 6.10 Å². The van der Waals surface area contributed by atoms with E-state index in [1.165, 1.54) is 22.2 Å². The van der Waals surface area contributed by atoms with Crippen molar-refractivity contribution in [3.8, 4) is 0 Å². The number of hydrogen-bond donors (Lipinski definition) is 3. The van der Waals surface area contributed by atoms with Gasteiger partial charge in [0.15, 0.2) is 0 Å². The summed E-state index contributed by atoms with van der Waals surface area (Å²) in [5.74, 6) is 0. The van der Waals surface area contributed by atoms with Gasteiger partial charge >= 0.3 is 0 Å². The highest BCUT2D eigenvalue weighted by molar-refractivity contribution is 5.85. The topological polar surface area (TPSA) is 62.0 Å². The van der Waals surface area contributed by atoms with Crippen LogP contribution < -0.4 is 5.32 Å². The van der Waals surface area contributed by atoms with Crippen molar-refractivity contribution in [2.24, 2.45) is 0 Å². The Kier molecular flexibility index (Phi) is 4.58. The zero-order chi connectivity index (χ0) is 13.8. The third kappa shape index (κ3) is 2.97. The van der Waals surface area contributed by atoms with E-state index in [1.54, 1.807) is 0 Å². The molecule has 19 heavy (non-hydrogen) atoms. The van der Waals surface area contributed by atoms with Crippen LogP contribution in [-0.4, -0.2) is 40.6 Å². The van der Waals surface area contributed by atoms with Gasteiger partial charge in [-0.05, 0) is 25.5 Å². The van der Waals surface area contributed by atoms with E-state index in [0.29, 0.717) is 19.6 Å². The highest BCUT2D eigenvalue weighted by Gasteiger charge is 2.14. The van der Waals surface area contributed by atoms with Crippen LogP contribution in [0.1, 0.15) is 11.3 Å². The number of benzene rings is 1. The van der Waals surface area contributed by atoms with Gasteiger partial charge in [0.25, 0.3) is 0 Å². The minimum absolute atomic E-state index is 0.150. The van der Waals surface area contributed by atoms with Gasteiger partial charge in [-0.2, -0.15) is 0 Å². The highest BCUT2D eigenvalue weighted by Crippen LogP contribution is 2.24. The quantitative estimate of drug-likeness (QED) is 0.651. The lowest BCUT2D eigenvalue weighted by Gasteiger charge is -2.13. The van der Waals surface area contributed by atoms with Gasteiger partial charge in [-0.25, -0.2) is 0 Å². The first kappa shape index (κ1) is 14.1. The van der Waals surface area contributed by atoms with Crippen molar-refractivity contribution < 1.29 is 15.5 Å². The minimum atomic E-state index is -0.402. The number of rotatable bonds is 6. The molecule has 0 fully saturated rings. The van der Waals surface area contributed by atoms with E-state index in [-0.39, 0.29) is 6.61 Å². The molecule has 1 aromatic heterocycles. The molecule has 0 aliphatic rings. The molecule has 0 unspecified atom stereocenters. The fourth-order valence-electron chi connectivity index (χ4n) is 2.53. The molecule has 0 aliphatic carbocycles. The number of aromatic nitrogens is 1. The highest BCUT2D eigenvalue weighted by atomic mass is 16.3. The van der Waals surface area contributed by atoms with Crippen molar-refractivity contribution in [1.29, 1.82) is 0 Å². The average molecular weight is 263 g/mol. The van der Waals surface area contributed by atoms with E-state index >= 15 is 0 Å². The summed E-state index contributed by atoms with van der Waals surface area (Å²) in [5, 5.41) is 22.0. The normalized spacial score (nSPS) is 13.1. The Morgan fingerprint density at radius 1 is 1.26 bits per heavy atom. The number of aliphatic hydroxyl groups is 2. The Balaban J connectivity index is 2.18. The smallest absolute Gasteiger partial charge is 0.121 e. The summed E-state index contributed by atoms with van der Waals surface area (Å²) in [7, 11) is 0. The van der Waals surface area contributed by atoms with Crippen LogP contribution in [0.4, 0.5) is 0 Å². The second-order valence-corrected chi connectivity index (χ2v) is 5.03. The Hall–Kier alpha value is -1.36. The van der Waals surface area contributed by atoms with Crippen LogP contribution in [0, 0.1) is 13.8 Å². The van der Waals surface area contributed by atoms with Crippen molar-refractivity contribution in [1.82, 2.24) is 4.57 Å². The lowest BCUT2D eigenvalue weighted by Crippen LogP contribution is -2.87. The van der Waals surface area contributed by atoms with Crippen LogP contribution in [0.2, 0.25) is 0 Å². The number of para-hydroxylation sites is 1. The van der Waals surface area contributed by atoms with Crippen molar-refractivity contribution in [3.63, 3.8) is 0 Å². The average Bonchev–Trinajstić information content (AvgIpc) is 2.65. The first-order valence-corrected chi connectivity index (χ1v) is 6.80. The molecular formula is C15H23N2O2+. The van der Waals surface area contributed by atoms with Gasteiger partial charge in [-0.3, -0.25) is 0 Å². The first-order valence-electron chi connectivity index (χ1n) is 6.80. The van der Waals surface area contributed by atoms with Gasteiger partial charge < -0.3 is 20.1 Å². The SMILES string of the molecule is Cc1c(C)n(C[C@@H](O)C[NH2+]CCO)c2ccccc12. The molecule has 0 aliphatic heterocycles. The summed E-state index contributed by atoms with van der Waals surface area (Å²) < 4.78 is 2.18. The minimum Gasteiger partial charge on any atom is -0.391 e. The molecule has 2 aromatic rings. The summed E-state index contributed by atoms with van der Waals surface area (Å²) in [4.78, 5) is 0. The fourth-order valence-corrected chi connectivity index (χ4v) is 2.53. The van der Waals surface area contributed by atoms with Crippen molar-refractivity contribution in [2.75, 3.05) is 19.7 Å². The lowest BCUT2D eigenvalue weighted by molar-refractivity contribution is -0.662. The predicted octanol–water partition coefficient (Wildman–Crippen LogP) is 0.175. The largest absolute Gasteiger partial charge is 0.391 e. The monoisotopic (exact) mass is 263 g/mol. The predicted molar refractivity (Wildman–Crippen MR) is 76.2 cm³/mol. The molecule has 0 bridgehead atoms. The van der Waals surface area contributed by atoms with Crippen LogP contribution >= 0.6 is 0 Å². The molecule has 0 spiro atoms. The number of fused-ring (bicyclic) bond motifs is 1. The molecule has 4 N–H and O–H groups in total. The first-order chi connectivity index (χ1) is 9.15. The molecule has 0 saturated heterocycles. The maximum Gasteiger partial charge on any atom is 0.121 e. The zero-order valence-electron chi connectivity index (χ0n) is 11.6. The Morgan fingerprint density at radius 3 is 2.74 bits per heavy atom. The molecule has 0 radical (unpaired) electrons. The molecule has 2 rings (SSSR count). The molecule has 104 valence electrons. The van der Waals surface area contributed by atoms with Crippen LogP contribution in [-0.2, 0) is 6.54 Å². The fraction of sp³-hybridized carbons (Fsp3) is 0.467. The van der Waals surface area contributed by atoms with Crippen molar-refractivity contribution in [2.45, 2.75) is 26.5 Å². The van der Waals surface area contributed by atoms with Crippen LogP contribution in [0.15, 0.2) is 24.3 Å². The molecule has 4 heteroatoms. The summed E-state index contributed by atoms with van der Waals surface area (Å²) in [6, 6.07) is 8.30. The second kappa shape index (κ2) is 6.19. The van der Waals surface area contributed by atoms with E-state index in [4.69, 9.17) is 5.11 Å². The molecule has 0 saturated carbocycles. The van der Waals surface area contributed by atoms with Crippen LogP contribution in [0.5, 0.6) is 0 Å². The lowest BCUT2D eigenvalue weighted by atomic mass is 10.2. The summed E-state index contributed by atoms with van der Waals surface area (Å²) in [5.41, 5.74) is 3.67. The number of nitrogens with two attached hydrogens (primary N) is 1. The van der Waals surface area contributed by atoms with Crippen molar-refractivity contribution >= 4 is 10.9 Å². The van der Waals surface area contributed by atoms with Gasteiger partial charge in [-0.15, -0.1) is 0 Å². The van der Waals surface area contributed by atoms with E-state index in [2.05, 4.69) is 30.5 Å². The summed E-state index contributed by atoms with van der Waals surface area (Å²) in [6.07, 6.45) is -0.402. The van der Waals surface area contributed by atoms with Gasteiger partial charge in [0, 0.05) is 16.6 Å². The Morgan fingerprint density at radius 2 is 2.00 bits per heavy atom. The van der Waals surface area contributed by atoms with Gasteiger partial charge in [0.05, 0.1) is 19.7 Å². The number of hydrogen-bond acceptors (Lipinski definition) is 2. The zero-order valence-corrected chi connectivity index (χ0v) is 11.6. The molecule has 1 heterocycles. The van der Waals surface area contributed by atoms with E-state index in [1.807, 2.05) is 17.4 Å². The van der Waals surface area contributed by atoms with Crippen LogP contribution in [0.3, 0.4) is 0 Å². The van der Waals surface area contributed by atoms with Gasteiger partial charge in [-0.1, -0.05) is 18.2 Å². The van der Waals surface area contributed by atoms with E-state index in [0.717, 1.165) is 0 Å². The maximum absolute atomic E-state index is 10.1. The Labute approximate surface area is 113 Å². The standard InChI is InChI=1S/C15H22N2O2/c1-11-12(2)17(10-13(19)9-16-7-8-18)15-6-4-3-5-14(11)15/h3-6,13,16,18-19H,7-10H2,1-2H3/p+1/t13-/m0/s1. The molecule has 4 nitrogen and oxygen atoms in total. The molecule has 0 amide bonds. The number of aryl methyl sites for hydroxylation is 1. The maximum atomic E-state index is 10.1. The number of nitrogens with zero attached hydrogens (tertiary/aromatic N) is 1. The molecular weight excluding hydrogens is 240 g/mol. The third-order valence-corrected chi connectivity index (χ3v) is 3.71. The number of aliphatic hydroxyl groups excluding tert-OH is 2. The van der Waals surface area contributed by atoms with Gasteiger partial charge in [0.1, 0.15) is 12.6 Å². The van der Waals surface area contributed by atoms with Gasteiger partial charge in [0.2, 0.25) is 0 Å². The van der Waals surface area contributed by atoms with Crippen molar-refractivity contribution in [3.05, 3.63) is 35.5 Å². The molecule has 1 aromatic carbocycles. The van der Waals surface area contributed by atoms with E-state index in [9.17, 15) is 5.11 Å². The second-order valence-electron chi connectivity index (χ2n) is 5.03. The molecule has 1 atom stereocenters.